The molecule has 0 fully saturated rings. The first-order valence-corrected chi connectivity index (χ1v) is 17.4. The molecule has 0 aromatic heterocycles. The van der Waals surface area contributed by atoms with E-state index in [0.29, 0.717) is 25.1 Å². The van der Waals surface area contributed by atoms with Gasteiger partial charge in [0.25, 0.3) is 0 Å². The Morgan fingerprint density at radius 2 is 1.63 bits per heavy atom. The molecule has 0 aliphatic carbocycles. The lowest BCUT2D eigenvalue weighted by molar-refractivity contribution is -0.129. The van der Waals surface area contributed by atoms with Gasteiger partial charge in [0.15, 0.2) is 8.32 Å². The summed E-state index contributed by atoms with van der Waals surface area (Å²) in [5, 5.41) is 23.5. The van der Waals surface area contributed by atoms with E-state index >= 15 is 0 Å². The van der Waals surface area contributed by atoms with Gasteiger partial charge in [0, 0.05) is 31.7 Å². The minimum atomic E-state index is -2.10. The lowest BCUT2D eigenvalue weighted by Crippen LogP contribution is -2.44. The van der Waals surface area contributed by atoms with Crippen LogP contribution in [0.25, 0.3) is 0 Å². The summed E-state index contributed by atoms with van der Waals surface area (Å²) in [4.78, 5) is 14.7. The van der Waals surface area contributed by atoms with Crippen molar-refractivity contribution in [3.05, 3.63) is 101 Å². The molecule has 3 aromatic carbocycles. The van der Waals surface area contributed by atoms with Crippen LogP contribution >= 0.6 is 0 Å². The van der Waals surface area contributed by atoms with Crippen LogP contribution in [0, 0.1) is 0 Å². The second-order valence-electron chi connectivity index (χ2n) is 12.7. The SMILES string of the molecule is C[C@H](Cc1cccc(CC(=O)N(C)Cc2ccccc2)c1)NC[C@@H](O[Si](C)(C)C(C)(C)C)c1ccc(O)c(CO)c1. The van der Waals surface area contributed by atoms with E-state index in [1.807, 2.05) is 61.6 Å². The largest absolute Gasteiger partial charge is 0.508 e. The monoisotopic (exact) mass is 576 g/mol. The van der Waals surface area contributed by atoms with Gasteiger partial charge in [-0.2, -0.15) is 0 Å². The number of amides is 1. The average Bonchev–Trinajstić information content (AvgIpc) is 2.91. The summed E-state index contributed by atoms with van der Waals surface area (Å²) >= 11 is 0. The normalized spacial score (nSPS) is 13.6. The maximum absolute atomic E-state index is 12.9. The van der Waals surface area contributed by atoms with Gasteiger partial charge in [0.1, 0.15) is 5.75 Å². The Hall–Kier alpha value is -2.97. The van der Waals surface area contributed by atoms with Gasteiger partial charge in [-0.1, -0.05) is 81.4 Å². The fourth-order valence-electron chi connectivity index (χ4n) is 4.55. The van der Waals surface area contributed by atoms with E-state index in [0.717, 1.165) is 23.1 Å². The summed E-state index contributed by atoms with van der Waals surface area (Å²) in [5.74, 6) is 0.187. The molecule has 0 aliphatic heterocycles. The number of aliphatic hydroxyl groups is 1. The van der Waals surface area contributed by atoms with Crippen molar-refractivity contribution in [2.45, 2.75) is 84.0 Å². The quantitative estimate of drug-likeness (QED) is 0.206. The molecule has 3 aromatic rings. The van der Waals surface area contributed by atoms with Crippen LogP contribution in [0.5, 0.6) is 5.75 Å². The van der Waals surface area contributed by atoms with E-state index in [1.165, 1.54) is 5.56 Å². The van der Waals surface area contributed by atoms with E-state index in [2.05, 4.69) is 58.2 Å². The number of hydrogen-bond acceptors (Lipinski definition) is 5. The van der Waals surface area contributed by atoms with Crippen LogP contribution in [0.1, 0.15) is 61.6 Å². The van der Waals surface area contributed by atoms with E-state index in [4.69, 9.17) is 4.43 Å². The summed E-state index contributed by atoms with van der Waals surface area (Å²) in [6, 6.07) is 23.8. The van der Waals surface area contributed by atoms with Crippen molar-refractivity contribution in [1.82, 2.24) is 10.2 Å². The van der Waals surface area contributed by atoms with Gasteiger partial charge >= 0.3 is 0 Å². The number of nitrogens with zero attached hydrogens (tertiary/aromatic N) is 1. The van der Waals surface area contributed by atoms with Crippen LogP contribution in [0.2, 0.25) is 18.1 Å². The van der Waals surface area contributed by atoms with Crippen molar-refractivity contribution >= 4 is 14.2 Å². The standard InChI is InChI=1S/C34H48N2O4Si/c1-25(18-27-14-11-15-28(19-27)20-33(39)36(5)23-26-12-9-8-10-13-26)35-22-32(40-41(6,7)34(2,3)4)29-16-17-31(38)30(21-29)24-37/h8-17,19,21,25,32,35,37-38H,18,20,22-24H2,1-7H3/t25-,32-/m1/s1. The zero-order chi connectivity index (χ0) is 30.2. The fourth-order valence-corrected chi connectivity index (χ4v) is 5.83. The third-order valence-corrected chi connectivity index (χ3v) is 12.6. The minimum Gasteiger partial charge on any atom is -0.508 e. The first kappa shape index (κ1) is 32.5. The molecular weight excluding hydrogens is 528 g/mol. The summed E-state index contributed by atoms with van der Waals surface area (Å²) in [7, 11) is -0.244. The molecule has 41 heavy (non-hydrogen) atoms. The molecule has 0 unspecified atom stereocenters. The van der Waals surface area contributed by atoms with Crippen molar-refractivity contribution in [3.8, 4) is 5.75 Å². The van der Waals surface area contributed by atoms with Crippen molar-refractivity contribution in [3.63, 3.8) is 0 Å². The van der Waals surface area contributed by atoms with Crippen molar-refractivity contribution in [2.75, 3.05) is 13.6 Å². The number of benzene rings is 3. The number of aromatic hydroxyl groups is 1. The van der Waals surface area contributed by atoms with E-state index in [1.54, 1.807) is 11.0 Å². The number of carbonyl (C=O) groups is 1. The molecule has 0 bridgehead atoms. The Morgan fingerprint density at radius 3 is 2.29 bits per heavy atom. The zero-order valence-electron chi connectivity index (χ0n) is 25.8. The highest BCUT2D eigenvalue weighted by Gasteiger charge is 2.39. The van der Waals surface area contributed by atoms with Gasteiger partial charge < -0.3 is 24.9 Å². The predicted octanol–water partition coefficient (Wildman–Crippen LogP) is 6.37. The molecule has 0 radical (unpaired) electrons. The lowest BCUT2D eigenvalue weighted by atomic mass is 10.0. The summed E-state index contributed by atoms with van der Waals surface area (Å²) in [6.45, 7) is 14.3. The Morgan fingerprint density at radius 1 is 0.976 bits per heavy atom. The molecule has 6 nitrogen and oxygen atoms in total. The van der Waals surface area contributed by atoms with Crippen LogP contribution in [-0.4, -0.2) is 49.0 Å². The third-order valence-electron chi connectivity index (χ3n) is 8.12. The maximum atomic E-state index is 12.9. The molecule has 0 saturated heterocycles. The van der Waals surface area contributed by atoms with Gasteiger partial charge in [0.05, 0.1) is 19.1 Å². The number of carbonyl (C=O) groups excluding carboxylic acids is 1. The number of likely N-dealkylation sites (N-methyl/N-ethyl adjacent to an activating group) is 1. The Labute approximate surface area is 247 Å². The molecule has 0 saturated carbocycles. The molecule has 0 aliphatic rings. The lowest BCUT2D eigenvalue weighted by Gasteiger charge is -2.40. The smallest absolute Gasteiger partial charge is 0.227 e. The van der Waals surface area contributed by atoms with Gasteiger partial charge in [-0.25, -0.2) is 0 Å². The van der Waals surface area contributed by atoms with Gasteiger partial charge in [-0.3, -0.25) is 4.79 Å². The van der Waals surface area contributed by atoms with E-state index in [9.17, 15) is 15.0 Å². The van der Waals surface area contributed by atoms with Crippen LogP contribution in [0.15, 0.2) is 72.8 Å². The number of phenols is 1. The molecular formula is C34H48N2O4Si. The predicted molar refractivity (Wildman–Crippen MR) is 169 cm³/mol. The molecule has 0 heterocycles. The van der Waals surface area contributed by atoms with Crippen LogP contribution in [0.3, 0.4) is 0 Å². The van der Waals surface area contributed by atoms with Crippen molar-refractivity contribution in [2.24, 2.45) is 0 Å². The first-order valence-electron chi connectivity index (χ1n) is 14.5. The molecule has 2 atom stereocenters. The highest BCUT2D eigenvalue weighted by atomic mass is 28.4. The highest BCUT2D eigenvalue weighted by molar-refractivity contribution is 6.74. The number of rotatable bonds is 13. The fraction of sp³-hybridized carbons (Fsp3) is 0.441. The van der Waals surface area contributed by atoms with Crippen molar-refractivity contribution in [1.29, 1.82) is 0 Å². The van der Waals surface area contributed by atoms with Gasteiger partial charge in [-0.15, -0.1) is 0 Å². The van der Waals surface area contributed by atoms with E-state index < -0.39 is 8.32 Å². The molecule has 1 amide bonds. The van der Waals surface area contributed by atoms with E-state index in [-0.39, 0.29) is 35.4 Å². The van der Waals surface area contributed by atoms with Crippen molar-refractivity contribution < 1.29 is 19.4 Å². The Kier molecular flexibility index (Phi) is 11.3. The average molecular weight is 577 g/mol. The molecule has 3 rings (SSSR count). The summed E-state index contributed by atoms with van der Waals surface area (Å²) < 4.78 is 6.83. The first-order chi connectivity index (χ1) is 19.3. The highest BCUT2D eigenvalue weighted by Crippen LogP contribution is 2.40. The Bertz CT molecular complexity index is 1270. The third kappa shape index (κ3) is 9.53. The number of hydrogen-bond donors (Lipinski definition) is 3. The second kappa shape index (κ2) is 14.3. The Balaban J connectivity index is 1.65. The zero-order valence-corrected chi connectivity index (χ0v) is 26.8. The molecule has 222 valence electrons. The van der Waals surface area contributed by atoms with Gasteiger partial charge in [-0.05, 0) is 65.9 Å². The topological polar surface area (TPSA) is 82.0 Å². The summed E-state index contributed by atoms with van der Waals surface area (Å²) in [6.07, 6.45) is 0.968. The van der Waals surface area contributed by atoms with Crippen LogP contribution in [0.4, 0.5) is 0 Å². The molecule has 0 spiro atoms. The van der Waals surface area contributed by atoms with Gasteiger partial charge in [0.2, 0.25) is 5.91 Å². The maximum Gasteiger partial charge on any atom is 0.227 e. The number of aliphatic hydroxyl groups excluding tert-OH is 1. The minimum absolute atomic E-state index is 0.0423. The van der Waals surface area contributed by atoms with Crippen LogP contribution in [-0.2, 0) is 35.2 Å². The molecule has 3 N–H and O–H groups in total. The second-order valence-corrected chi connectivity index (χ2v) is 17.4. The van der Waals surface area contributed by atoms with Crippen LogP contribution < -0.4 is 5.32 Å². The molecule has 7 heteroatoms. The summed E-state index contributed by atoms with van der Waals surface area (Å²) in [5.41, 5.74) is 4.75. The number of nitrogens with one attached hydrogen (secondary N) is 1.